The van der Waals surface area contributed by atoms with Crippen LogP contribution in [0.2, 0.25) is 0 Å². The minimum absolute atomic E-state index is 0.0395. The fourth-order valence-electron chi connectivity index (χ4n) is 8.04. The van der Waals surface area contributed by atoms with E-state index >= 15 is 0 Å². The van der Waals surface area contributed by atoms with E-state index in [0.29, 0.717) is 29.1 Å². The first kappa shape index (κ1) is 23.8. The van der Waals surface area contributed by atoms with E-state index in [-0.39, 0.29) is 17.5 Å². The van der Waals surface area contributed by atoms with Crippen LogP contribution in [0.5, 0.6) is 0 Å². The van der Waals surface area contributed by atoms with Gasteiger partial charge >= 0.3 is 5.97 Å². The zero-order valence-electron chi connectivity index (χ0n) is 21.6. The number of rotatable bonds is 5. The highest BCUT2D eigenvalue weighted by Crippen LogP contribution is 2.66. The molecule has 0 aliphatic heterocycles. The van der Waals surface area contributed by atoms with Crippen LogP contribution in [0, 0.1) is 52.3 Å². The zero-order valence-corrected chi connectivity index (χ0v) is 21.6. The SMILES string of the molecule is CC(=O)OC1C=C2C=CC3C(CCC4(C)C(C(C)/C=C/C(C)C(C)C)CCC34)C2(C)CC1. The monoisotopic (exact) mass is 438 g/mol. The second-order valence-corrected chi connectivity index (χ2v) is 12.5. The maximum atomic E-state index is 11.5. The molecule has 0 spiro atoms. The average molecular weight is 439 g/mol. The lowest BCUT2D eigenvalue weighted by Gasteiger charge is -2.57. The topological polar surface area (TPSA) is 26.3 Å². The molecule has 0 bridgehead atoms. The molecule has 4 aliphatic carbocycles. The van der Waals surface area contributed by atoms with Crippen LogP contribution in [0.15, 0.2) is 36.0 Å². The van der Waals surface area contributed by atoms with Crippen LogP contribution in [0.3, 0.4) is 0 Å². The van der Waals surface area contributed by atoms with E-state index in [9.17, 15) is 4.79 Å². The number of hydrogen-bond acceptors (Lipinski definition) is 2. The first-order valence-electron chi connectivity index (χ1n) is 13.3. The summed E-state index contributed by atoms with van der Waals surface area (Å²) in [6, 6.07) is 0. The normalized spacial score (nSPS) is 42.8. The summed E-state index contributed by atoms with van der Waals surface area (Å²) in [5.74, 6) is 4.94. The predicted octanol–water partition coefficient (Wildman–Crippen LogP) is 7.76. The van der Waals surface area contributed by atoms with Gasteiger partial charge in [-0.2, -0.15) is 0 Å². The molecule has 0 aromatic carbocycles. The number of carbonyl (C=O) groups is 1. The maximum Gasteiger partial charge on any atom is 0.303 e. The molecule has 0 radical (unpaired) electrons. The summed E-state index contributed by atoms with van der Waals surface area (Å²) in [6.07, 6.45) is 19.8. The van der Waals surface area contributed by atoms with Crippen molar-refractivity contribution in [1.29, 1.82) is 0 Å². The number of carbonyl (C=O) groups excluding carboxylic acids is 1. The lowest BCUT2D eigenvalue weighted by atomic mass is 9.48. The van der Waals surface area contributed by atoms with Crippen molar-refractivity contribution in [3.63, 3.8) is 0 Å². The summed E-state index contributed by atoms with van der Waals surface area (Å²) in [5.41, 5.74) is 2.13. The second-order valence-electron chi connectivity index (χ2n) is 12.5. The number of hydrogen-bond donors (Lipinski definition) is 0. The molecule has 0 heterocycles. The van der Waals surface area contributed by atoms with E-state index in [1.54, 1.807) is 0 Å². The van der Waals surface area contributed by atoms with Gasteiger partial charge in [-0.15, -0.1) is 0 Å². The molecule has 0 aromatic rings. The third-order valence-electron chi connectivity index (χ3n) is 10.4. The number of fused-ring (bicyclic) bond motifs is 5. The fraction of sp³-hybridized carbons (Fsp3) is 0.767. The molecular formula is C30H46O2. The Morgan fingerprint density at radius 1 is 1.03 bits per heavy atom. The molecule has 0 N–H and O–H groups in total. The number of ether oxygens (including phenoxy) is 1. The fourth-order valence-corrected chi connectivity index (χ4v) is 8.04. The van der Waals surface area contributed by atoms with Crippen LogP contribution in [0.1, 0.15) is 87.0 Å². The van der Waals surface area contributed by atoms with Crippen molar-refractivity contribution in [2.75, 3.05) is 0 Å². The quantitative estimate of drug-likeness (QED) is 0.324. The van der Waals surface area contributed by atoms with Crippen molar-refractivity contribution < 1.29 is 9.53 Å². The van der Waals surface area contributed by atoms with Gasteiger partial charge in [0.1, 0.15) is 6.10 Å². The van der Waals surface area contributed by atoms with E-state index in [0.717, 1.165) is 30.6 Å². The molecule has 0 aromatic heterocycles. The molecule has 0 saturated heterocycles. The number of allylic oxidation sites excluding steroid dienone is 5. The van der Waals surface area contributed by atoms with Gasteiger partial charge in [-0.3, -0.25) is 4.79 Å². The van der Waals surface area contributed by atoms with Gasteiger partial charge in [-0.25, -0.2) is 0 Å². The van der Waals surface area contributed by atoms with E-state index in [4.69, 9.17) is 4.74 Å². The Morgan fingerprint density at radius 3 is 2.47 bits per heavy atom. The van der Waals surface area contributed by atoms with Crippen molar-refractivity contribution in [2.45, 2.75) is 93.1 Å². The molecule has 178 valence electrons. The van der Waals surface area contributed by atoms with Crippen LogP contribution in [-0.2, 0) is 9.53 Å². The Labute approximate surface area is 197 Å². The summed E-state index contributed by atoms with van der Waals surface area (Å²) in [5, 5.41) is 0. The van der Waals surface area contributed by atoms with Crippen molar-refractivity contribution in [3.05, 3.63) is 36.0 Å². The second kappa shape index (κ2) is 8.80. The van der Waals surface area contributed by atoms with Crippen molar-refractivity contribution >= 4 is 5.97 Å². The van der Waals surface area contributed by atoms with E-state index in [1.807, 2.05) is 0 Å². The van der Waals surface area contributed by atoms with Gasteiger partial charge in [-0.05, 0) is 102 Å². The van der Waals surface area contributed by atoms with Gasteiger partial charge in [-0.1, -0.05) is 65.8 Å². The Kier molecular flexibility index (Phi) is 6.56. The van der Waals surface area contributed by atoms with Crippen molar-refractivity contribution in [2.24, 2.45) is 52.3 Å². The average Bonchev–Trinajstić information content (AvgIpc) is 3.08. The van der Waals surface area contributed by atoms with Crippen LogP contribution in [0.4, 0.5) is 0 Å². The lowest BCUT2D eigenvalue weighted by molar-refractivity contribution is -0.145. The summed E-state index contributed by atoms with van der Waals surface area (Å²) >= 11 is 0. The molecule has 2 saturated carbocycles. The highest BCUT2D eigenvalue weighted by Gasteiger charge is 2.58. The first-order chi connectivity index (χ1) is 15.1. The molecule has 4 rings (SSSR count). The maximum absolute atomic E-state index is 11.5. The predicted molar refractivity (Wildman–Crippen MR) is 133 cm³/mol. The van der Waals surface area contributed by atoms with Crippen LogP contribution in [-0.4, -0.2) is 12.1 Å². The van der Waals surface area contributed by atoms with E-state index in [2.05, 4.69) is 71.9 Å². The Hall–Kier alpha value is -1.31. The van der Waals surface area contributed by atoms with Gasteiger partial charge in [0.05, 0.1) is 0 Å². The Morgan fingerprint density at radius 2 is 1.78 bits per heavy atom. The molecule has 2 fully saturated rings. The molecule has 2 heteroatoms. The Bertz CT molecular complexity index is 804. The van der Waals surface area contributed by atoms with Gasteiger partial charge in [0, 0.05) is 6.92 Å². The molecular weight excluding hydrogens is 392 g/mol. The summed E-state index contributed by atoms with van der Waals surface area (Å²) < 4.78 is 5.55. The minimum Gasteiger partial charge on any atom is -0.458 e. The molecule has 4 aliphatic rings. The summed E-state index contributed by atoms with van der Waals surface area (Å²) in [7, 11) is 0. The van der Waals surface area contributed by atoms with E-state index < -0.39 is 0 Å². The summed E-state index contributed by atoms with van der Waals surface area (Å²) in [4.78, 5) is 11.5. The minimum atomic E-state index is -0.162. The third-order valence-corrected chi connectivity index (χ3v) is 10.4. The first-order valence-corrected chi connectivity index (χ1v) is 13.3. The van der Waals surface area contributed by atoms with Crippen molar-refractivity contribution in [3.8, 4) is 0 Å². The lowest BCUT2D eigenvalue weighted by Crippen LogP contribution is -2.49. The molecule has 0 amide bonds. The third kappa shape index (κ3) is 4.05. The Balaban J connectivity index is 1.54. The van der Waals surface area contributed by atoms with Gasteiger partial charge in [0.25, 0.3) is 0 Å². The van der Waals surface area contributed by atoms with Gasteiger partial charge in [0.2, 0.25) is 0 Å². The largest absolute Gasteiger partial charge is 0.458 e. The standard InChI is InChI=1S/C30H46O2/c1-19(2)20(3)8-9-21(4)26-12-13-27-25-11-10-23-18-24(32-22(5)31)14-16-29(23,6)28(25)15-17-30(26,27)7/h8-11,18-21,24-28H,12-17H2,1-7H3/b9-8+. The highest BCUT2D eigenvalue weighted by molar-refractivity contribution is 5.66. The molecule has 9 unspecified atom stereocenters. The molecule has 2 nitrogen and oxygen atoms in total. The van der Waals surface area contributed by atoms with Crippen LogP contribution >= 0.6 is 0 Å². The molecule has 9 atom stereocenters. The highest BCUT2D eigenvalue weighted by atomic mass is 16.5. The molecule has 32 heavy (non-hydrogen) atoms. The van der Waals surface area contributed by atoms with Gasteiger partial charge in [0.15, 0.2) is 0 Å². The van der Waals surface area contributed by atoms with Crippen molar-refractivity contribution in [1.82, 2.24) is 0 Å². The van der Waals surface area contributed by atoms with E-state index in [1.165, 1.54) is 38.2 Å². The zero-order chi connectivity index (χ0) is 23.3. The van der Waals surface area contributed by atoms with Crippen LogP contribution in [0.25, 0.3) is 0 Å². The van der Waals surface area contributed by atoms with Crippen LogP contribution < -0.4 is 0 Å². The summed E-state index contributed by atoms with van der Waals surface area (Å²) in [6.45, 7) is 16.1. The smallest absolute Gasteiger partial charge is 0.303 e. The van der Waals surface area contributed by atoms with Gasteiger partial charge < -0.3 is 4.74 Å². The number of esters is 1.